The molecule has 2 rings (SSSR count). The third-order valence-corrected chi connectivity index (χ3v) is 4.36. The summed E-state index contributed by atoms with van der Waals surface area (Å²) in [6.45, 7) is 3.63. The van der Waals surface area contributed by atoms with Gasteiger partial charge in [0.15, 0.2) is 0 Å². The van der Waals surface area contributed by atoms with Crippen LogP contribution < -0.4 is 0 Å². The normalized spacial score (nSPS) is 12.9. The number of hydrogen-bond donors (Lipinski definition) is 2. The molecular weight excluding hydrogens is 276 g/mol. The summed E-state index contributed by atoms with van der Waals surface area (Å²) in [6, 6.07) is 17.3. The van der Waals surface area contributed by atoms with Gasteiger partial charge in [-0.2, -0.15) is 0 Å². The summed E-state index contributed by atoms with van der Waals surface area (Å²) in [4.78, 5) is 11.7. The predicted octanol–water partition coefficient (Wildman–Crippen LogP) is 4.07. The third kappa shape index (κ3) is 3.20. The first-order valence-electron chi connectivity index (χ1n) is 7.62. The summed E-state index contributed by atoms with van der Waals surface area (Å²) < 4.78 is 0. The molecule has 0 aliphatic heterocycles. The summed E-state index contributed by atoms with van der Waals surface area (Å²) in [5.41, 5.74) is 1.53. The van der Waals surface area contributed by atoms with Crippen molar-refractivity contribution in [2.45, 2.75) is 38.2 Å². The summed E-state index contributed by atoms with van der Waals surface area (Å²) in [7, 11) is 0. The number of benzene rings is 2. The lowest BCUT2D eigenvalue weighted by molar-refractivity contribution is -0.146. The lowest BCUT2D eigenvalue weighted by atomic mass is 9.78. The van der Waals surface area contributed by atoms with Gasteiger partial charge in [0, 0.05) is 0 Å². The van der Waals surface area contributed by atoms with Crippen molar-refractivity contribution < 1.29 is 15.0 Å². The fraction of sp³-hybridized carbons (Fsp3) is 0.316. The van der Waals surface area contributed by atoms with Crippen molar-refractivity contribution in [3.05, 3.63) is 60.2 Å². The minimum absolute atomic E-state index is 0.404. The number of rotatable bonds is 6. The highest BCUT2D eigenvalue weighted by molar-refractivity contribution is 5.78. The first-order chi connectivity index (χ1) is 10.5. The number of carboxylic acids is 1. The molecule has 0 aromatic heterocycles. The van der Waals surface area contributed by atoms with Crippen molar-refractivity contribution in [3.63, 3.8) is 0 Å². The average molecular weight is 298 g/mol. The molecule has 2 aromatic rings. The van der Waals surface area contributed by atoms with Crippen molar-refractivity contribution in [3.8, 4) is 11.1 Å². The molecule has 3 heteroatoms. The van der Waals surface area contributed by atoms with Gasteiger partial charge in [0.05, 0.1) is 5.60 Å². The van der Waals surface area contributed by atoms with E-state index in [1.165, 1.54) is 0 Å². The van der Waals surface area contributed by atoms with E-state index in [0.29, 0.717) is 18.4 Å². The minimum atomic E-state index is -1.22. The Balaban J connectivity index is 2.37. The maximum absolute atomic E-state index is 11.7. The van der Waals surface area contributed by atoms with Crippen LogP contribution in [0.5, 0.6) is 0 Å². The SMILES string of the molecule is CCC(O)(CC)C(C(=O)O)c1ccc(-c2ccccc2)cc1. The molecule has 0 aliphatic carbocycles. The number of carboxylic acid groups (broad SMARTS) is 1. The van der Waals surface area contributed by atoms with E-state index in [4.69, 9.17) is 0 Å². The van der Waals surface area contributed by atoms with Gasteiger partial charge < -0.3 is 10.2 Å². The Labute approximate surface area is 131 Å². The highest BCUT2D eigenvalue weighted by Crippen LogP contribution is 2.35. The molecule has 2 aromatic carbocycles. The maximum Gasteiger partial charge on any atom is 0.313 e. The highest BCUT2D eigenvalue weighted by atomic mass is 16.4. The summed E-state index contributed by atoms with van der Waals surface area (Å²) >= 11 is 0. The molecule has 0 aliphatic rings. The second-order valence-electron chi connectivity index (χ2n) is 5.57. The number of aliphatic carboxylic acids is 1. The largest absolute Gasteiger partial charge is 0.481 e. The third-order valence-electron chi connectivity index (χ3n) is 4.36. The number of hydrogen-bond acceptors (Lipinski definition) is 2. The van der Waals surface area contributed by atoms with Crippen molar-refractivity contribution in [2.24, 2.45) is 0 Å². The second kappa shape index (κ2) is 6.75. The smallest absolute Gasteiger partial charge is 0.313 e. The van der Waals surface area contributed by atoms with Crippen LogP contribution in [-0.4, -0.2) is 21.8 Å². The van der Waals surface area contributed by atoms with E-state index in [9.17, 15) is 15.0 Å². The first-order valence-corrected chi connectivity index (χ1v) is 7.62. The van der Waals surface area contributed by atoms with Gasteiger partial charge in [0.25, 0.3) is 0 Å². The van der Waals surface area contributed by atoms with Crippen molar-refractivity contribution in [1.29, 1.82) is 0 Å². The van der Waals surface area contributed by atoms with Crippen molar-refractivity contribution >= 4 is 5.97 Å². The van der Waals surface area contributed by atoms with Gasteiger partial charge in [-0.1, -0.05) is 68.4 Å². The minimum Gasteiger partial charge on any atom is -0.481 e. The molecule has 0 saturated heterocycles. The molecule has 116 valence electrons. The van der Waals surface area contributed by atoms with Crippen LogP contribution in [0.25, 0.3) is 11.1 Å². The molecule has 22 heavy (non-hydrogen) atoms. The van der Waals surface area contributed by atoms with E-state index >= 15 is 0 Å². The molecule has 0 amide bonds. The Kier molecular flexibility index (Phi) is 4.99. The monoisotopic (exact) mass is 298 g/mol. The second-order valence-corrected chi connectivity index (χ2v) is 5.57. The Morgan fingerprint density at radius 3 is 1.91 bits per heavy atom. The van der Waals surface area contributed by atoms with Crippen LogP contribution in [-0.2, 0) is 4.79 Å². The summed E-state index contributed by atoms with van der Waals surface area (Å²) in [5, 5.41) is 20.2. The van der Waals surface area contributed by atoms with E-state index in [-0.39, 0.29) is 0 Å². The molecule has 0 radical (unpaired) electrons. The van der Waals surface area contributed by atoms with Gasteiger partial charge in [0.1, 0.15) is 5.92 Å². The average Bonchev–Trinajstić information content (AvgIpc) is 2.56. The van der Waals surface area contributed by atoms with Crippen LogP contribution in [0.2, 0.25) is 0 Å². The molecule has 0 spiro atoms. The lowest BCUT2D eigenvalue weighted by Gasteiger charge is -2.32. The zero-order chi connectivity index (χ0) is 16.2. The fourth-order valence-corrected chi connectivity index (χ4v) is 2.84. The molecule has 1 unspecified atom stereocenters. The van der Waals surface area contributed by atoms with E-state index in [2.05, 4.69) is 0 Å². The van der Waals surface area contributed by atoms with Crippen LogP contribution in [0.15, 0.2) is 54.6 Å². The van der Waals surface area contributed by atoms with Crippen molar-refractivity contribution in [2.75, 3.05) is 0 Å². The van der Waals surface area contributed by atoms with Crippen molar-refractivity contribution in [1.82, 2.24) is 0 Å². The van der Waals surface area contributed by atoms with E-state index in [1.54, 1.807) is 12.1 Å². The standard InChI is InChI=1S/C19H22O3/c1-3-19(22,4-2)17(18(20)21)16-12-10-15(11-13-16)14-8-6-5-7-9-14/h5-13,17,22H,3-4H2,1-2H3,(H,20,21). The van der Waals surface area contributed by atoms with Crippen LogP contribution in [0, 0.1) is 0 Å². The zero-order valence-corrected chi connectivity index (χ0v) is 13.0. The molecule has 1 atom stereocenters. The van der Waals surface area contributed by atoms with E-state index < -0.39 is 17.5 Å². The lowest BCUT2D eigenvalue weighted by Crippen LogP contribution is -2.39. The Bertz CT molecular complexity index is 613. The fourth-order valence-electron chi connectivity index (χ4n) is 2.84. The molecule has 0 bridgehead atoms. The van der Waals surface area contributed by atoms with Gasteiger partial charge in [-0.05, 0) is 29.5 Å². The van der Waals surface area contributed by atoms with Crippen LogP contribution in [0.1, 0.15) is 38.2 Å². The highest BCUT2D eigenvalue weighted by Gasteiger charge is 2.39. The molecular formula is C19H22O3. The van der Waals surface area contributed by atoms with Crippen LogP contribution >= 0.6 is 0 Å². The molecule has 0 heterocycles. The van der Waals surface area contributed by atoms with Gasteiger partial charge in [-0.3, -0.25) is 4.79 Å². The molecule has 0 saturated carbocycles. The van der Waals surface area contributed by atoms with Crippen LogP contribution in [0.4, 0.5) is 0 Å². The first kappa shape index (κ1) is 16.2. The Morgan fingerprint density at radius 1 is 0.955 bits per heavy atom. The number of aliphatic hydroxyl groups is 1. The van der Waals surface area contributed by atoms with Gasteiger partial charge in [-0.25, -0.2) is 0 Å². The van der Waals surface area contributed by atoms with Crippen LogP contribution in [0.3, 0.4) is 0 Å². The molecule has 3 nitrogen and oxygen atoms in total. The predicted molar refractivity (Wildman–Crippen MR) is 87.8 cm³/mol. The molecule has 0 fully saturated rings. The van der Waals surface area contributed by atoms with Gasteiger partial charge >= 0.3 is 5.97 Å². The number of carbonyl (C=O) groups is 1. The topological polar surface area (TPSA) is 57.5 Å². The summed E-state index contributed by atoms with van der Waals surface area (Å²) in [5.74, 6) is -1.90. The quantitative estimate of drug-likeness (QED) is 0.845. The van der Waals surface area contributed by atoms with E-state index in [1.807, 2.05) is 56.3 Å². The van der Waals surface area contributed by atoms with Gasteiger partial charge in [0.2, 0.25) is 0 Å². The zero-order valence-electron chi connectivity index (χ0n) is 13.0. The Hall–Kier alpha value is -2.13. The maximum atomic E-state index is 11.7. The summed E-state index contributed by atoms with van der Waals surface area (Å²) in [6.07, 6.45) is 0.807. The molecule has 2 N–H and O–H groups in total. The van der Waals surface area contributed by atoms with Gasteiger partial charge in [-0.15, -0.1) is 0 Å². The Morgan fingerprint density at radius 2 is 1.45 bits per heavy atom. The van der Waals surface area contributed by atoms with E-state index in [0.717, 1.165) is 11.1 Å².